The predicted molar refractivity (Wildman–Crippen MR) is 76.5 cm³/mol. The van der Waals surface area contributed by atoms with Crippen LogP contribution in [0.2, 0.25) is 0 Å². The molecule has 1 aliphatic heterocycles. The fraction of sp³-hybridized carbons (Fsp3) is 0.538. The Balaban J connectivity index is 2.25. The molecule has 0 saturated heterocycles. The molecule has 1 aromatic carbocycles. The van der Waals surface area contributed by atoms with E-state index in [0.717, 1.165) is 22.8 Å². The lowest BCUT2D eigenvalue weighted by molar-refractivity contribution is 0.203. The molecule has 0 radical (unpaired) electrons. The molecule has 4 N–H and O–H groups in total. The molecule has 1 aromatic rings. The number of methoxy groups -OCH3 is 1. The van der Waals surface area contributed by atoms with Gasteiger partial charge in [0.25, 0.3) is 0 Å². The summed E-state index contributed by atoms with van der Waals surface area (Å²) in [5, 5.41) is 0. The number of nitrogen functional groups attached to an aromatic ring is 2. The maximum Gasteiger partial charge on any atom is 0.158 e. The van der Waals surface area contributed by atoms with E-state index >= 15 is 0 Å². The molecule has 5 heteroatoms. The van der Waals surface area contributed by atoms with Crippen molar-refractivity contribution in [2.24, 2.45) is 0 Å². The standard InChI is InChI=1S/C13H20N2O2S/c1-3-4-5-8-7-18-13-11(15)10(16-2)6-9(14)12(13)17-8/h6,8H,3-5,7,14-15H2,1-2H3. The summed E-state index contributed by atoms with van der Waals surface area (Å²) in [6.07, 6.45) is 3.65. The van der Waals surface area contributed by atoms with Crippen LogP contribution in [0.3, 0.4) is 0 Å². The van der Waals surface area contributed by atoms with Gasteiger partial charge >= 0.3 is 0 Å². The normalized spacial score (nSPS) is 18.0. The molecule has 18 heavy (non-hydrogen) atoms. The van der Waals surface area contributed by atoms with Crippen LogP contribution in [0.15, 0.2) is 11.0 Å². The molecule has 0 amide bonds. The van der Waals surface area contributed by atoms with Gasteiger partial charge in [0.1, 0.15) is 11.9 Å². The van der Waals surface area contributed by atoms with E-state index in [0.29, 0.717) is 17.1 Å². The first-order valence-electron chi connectivity index (χ1n) is 6.22. The summed E-state index contributed by atoms with van der Waals surface area (Å²) in [5.74, 6) is 2.27. The van der Waals surface area contributed by atoms with Crippen LogP contribution in [0.5, 0.6) is 11.5 Å². The zero-order valence-electron chi connectivity index (χ0n) is 10.9. The molecule has 1 aliphatic rings. The Morgan fingerprint density at radius 3 is 2.94 bits per heavy atom. The lowest BCUT2D eigenvalue weighted by atomic mass is 10.1. The van der Waals surface area contributed by atoms with Gasteiger partial charge in [-0.25, -0.2) is 0 Å². The minimum atomic E-state index is 0.234. The van der Waals surface area contributed by atoms with Gasteiger partial charge in [-0.15, -0.1) is 11.8 Å². The van der Waals surface area contributed by atoms with Crippen molar-refractivity contribution in [2.45, 2.75) is 37.2 Å². The third-order valence-electron chi connectivity index (χ3n) is 3.06. The molecule has 4 nitrogen and oxygen atoms in total. The first-order valence-corrected chi connectivity index (χ1v) is 7.21. The van der Waals surface area contributed by atoms with E-state index in [1.807, 2.05) is 0 Å². The number of anilines is 2. The van der Waals surface area contributed by atoms with Crippen molar-refractivity contribution in [1.29, 1.82) is 0 Å². The highest BCUT2D eigenvalue weighted by Crippen LogP contribution is 2.48. The monoisotopic (exact) mass is 268 g/mol. The van der Waals surface area contributed by atoms with Crippen LogP contribution >= 0.6 is 11.8 Å². The van der Waals surface area contributed by atoms with E-state index in [-0.39, 0.29) is 6.10 Å². The SMILES string of the molecule is CCCCC1CSc2c(N)c(OC)cc(N)c2O1. The van der Waals surface area contributed by atoms with Gasteiger partial charge < -0.3 is 20.9 Å². The molecule has 0 aliphatic carbocycles. The summed E-state index contributed by atoms with van der Waals surface area (Å²) in [6, 6.07) is 1.73. The van der Waals surface area contributed by atoms with Crippen LogP contribution in [0.4, 0.5) is 11.4 Å². The van der Waals surface area contributed by atoms with Gasteiger partial charge in [0.2, 0.25) is 0 Å². The molecule has 1 atom stereocenters. The van der Waals surface area contributed by atoms with Crippen LogP contribution in [-0.2, 0) is 0 Å². The molecule has 1 heterocycles. The quantitative estimate of drug-likeness (QED) is 0.822. The Morgan fingerprint density at radius 2 is 2.28 bits per heavy atom. The predicted octanol–water partition coefficient (Wildman–Crippen LogP) is 2.90. The van der Waals surface area contributed by atoms with Crippen molar-refractivity contribution >= 4 is 23.1 Å². The lowest BCUT2D eigenvalue weighted by Crippen LogP contribution is -2.24. The molecule has 100 valence electrons. The van der Waals surface area contributed by atoms with Crippen molar-refractivity contribution in [1.82, 2.24) is 0 Å². The smallest absolute Gasteiger partial charge is 0.158 e. The molecule has 1 unspecified atom stereocenters. The van der Waals surface area contributed by atoms with Crippen LogP contribution in [0.25, 0.3) is 0 Å². The molecule has 0 aromatic heterocycles. The van der Waals surface area contributed by atoms with Crippen LogP contribution in [0.1, 0.15) is 26.2 Å². The molecule has 2 rings (SSSR count). The zero-order chi connectivity index (χ0) is 13.1. The second kappa shape index (κ2) is 5.61. The van der Waals surface area contributed by atoms with Crippen LogP contribution in [-0.4, -0.2) is 19.0 Å². The largest absolute Gasteiger partial charge is 0.494 e. The van der Waals surface area contributed by atoms with Crippen molar-refractivity contribution in [3.8, 4) is 11.5 Å². The van der Waals surface area contributed by atoms with Crippen molar-refractivity contribution < 1.29 is 9.47 Å². The third-order valence-corrected chi connectivity index (χ3v) is 4.30. The summed E-state index contributed by atoms with van der Waals surface area (Å²) < 4.78 is 11.2. The summed E-state index contributed by atoms with van der Waals surface area (Å²) in [7, 11) is 1.59. The fourth-order valence-electron chi connectivity index (χ4n) is 2.03. The van der Waals surface area contributed by atoms with E-state index in [9.17, 15) is 0 Å². The Bertz CT molecular complexity index is 437. The Hall–Kier alpha value is -1.23. The van der Waals surface area contributed by atoms with Gasteiger partial charge in [0, 0.05) is 11.8 Å². The number of ether oxygens (including phenoxy) is 2. The number of fused-ring (bicyclic) bond motifs is 1. The lowest BCUT2D eigenvalue weighted by Gasteiger charge is -2.28. The summed E-state index contributed by atoms with van der Waals surface area (Å²) >= 11 is 1.71. The molecule has 0 saturated carbocycles. The minimum absolute atomic E-state index is 0.234. The Labute approximate surface area is 112 Å². The van der Waals surface area contributed by atoms with Crippen LogP contribution < -0.4 is 20.9 Å². The maximum atomic E-state index is 6.05. The highest BCUT2D eigenvalue weighted by atomic mass is 32.2. The number of rotatable bonds is 4. The van der Waals surface area contributed by atoms with E-state index in [2.05, 4.69) is 6.92 Å². The van der Waals surface area contributed by atoms with E-state index < -0.39 is 0 Å². The minimum Gasteiger partial charge on any atom is -0.494 e. The van der Waals surface area contributed by atoms with Gasteiger partial charge in [0.15, 0.2) is 5.75 Å². The number of nitrogens with two attached hydrogens (primary N) is 2. The second-order valence-electron chi connectivity index (χ2n) is 4.43. The molecular weight excluding hydrogens is 248 g/mol. The zero-order valence-corrected chi connectivity index (χ0v) is 11.7. The number of hydrogen-bond donors (Lipinski definition) is 2. The van der Waals surface area contributed by atoms with E-state index in [1.165, 1.54) is 12.8 Å². The molecule has 0 bridgehead atoms. The van der Waals surface area contributed by atoms with E-state index in [4.69, 9.17) is 20.9 Å². The highest BCUT2D eigenvalue weighted by Gasteiger charge is 2.25. The average Bonchev–Trinajstić information content (AvgIpc) is 2.40. The number of unbranched alkanes of at least 4 members (excludes halogenated alkanes) is 1. The highest BCUT2D eigenvalue weighted by molar-refractivity contribution is 7.99. The molecule has 0 spiro atoms. The number of thioether (sulfide) groups is 1. The van der Waals surface area contributed by atoms with Crippen molar-refractivity contribution in [2.75, 3.05) is 24.3 Å². The number of benzene rings is 1. The Kier molecular flexibility index (Phi) is 4.11. The fourth-order valence-corrected chi connectivity index (χ4v) is 3.18. The first kappa shape index (κ1) is 13.2. The molecular formula is C13H20N2O2S. The summed E-state index contributed by atoms with van der Waals surface area (Å²) in [6.45, 7) is 2.18. The Morgan fingerprint density at radius 1 is 1.50 bits per heavy atom. The van der Waals surface area contributed by atoms with Gasteiger partial charge in [-0.3, -0.25) is 0 Å². The van der Waals surface area contributed by atoms with E-state index in [1.54, 1.807) is 24.9 Å². The van der Waals surface area contributed by atoms with Crippen LogP contribution in [0, 0.1) is 0 Å². The summed E-state index contributed by atoms with van der Waals surface area (Å²) in [4.78, 5) is 0.916. The average molecular weight is 268 g/mol. The maximum absolute atomic E-state index is 6.05. The van der Waals surface area contributed by atoms with Gasteiger partial charge in [0.05, 0.1) is 23.4 Å². The molecule has 0 fully saturated rings. The topological polar surface area (TPSA) is 70.5 Å². The van der Waals surface area contributed by atoms with Gasteiger partial charge in [-0.05, 0) is 6.42 Å². The van der Waals surface area contributed by atoms with Crippen molar-refractivity contribution in [3.05, 3.63) is 6.07 Å². The van der Waals surface area contributed by atoms with Gasteiger partial charge in [-0.1, -0.05) is 19.8 Å². The second-order valence-corrected chi connectivity index (χ2v) is 5.46. The third kappa shape index (κ3) is 2.46. The number of hydrogen-bond acceptors (Lipinski definition) is 5. The van der Waals surface area contributed by atoms with Gasteiger partial charge in [-0.2, -0.15) is 0 Å². The summed E-state index contributed by atoms with van der Waals surface area (Å²) in [5.41, 5.74) is 13.3. The first-order chi connectivity index (χ1) is 8.67. The van der Waals surface area contributed by atoms with Crippen molar-refractivity contribution in [3.63, 3.8) is 0 Å².